The third-order valence-corrected chi connectivity index (χ3v) is 2.88. The second kappa shape index (κ2) is 7.12. The van der Waals surface area contributed by atoms with Crippen LogP contribution < -0.4 is 20.5 Å². The van der Waals surface area contributed by atoms with Gasteiger partial charge in [0.25, 0.3) is 5.91 Å². The molecule has 0 spiro atoms. The zero-order chi connectivity index (χ0) is 15.9. The normalized spacial score (nSPS) is 9.86. The molecule has 0 atom stereocenters. The van der Waals surface area contributed by atoms with Gasteiger partial charge >= 0.3 is 0 Å². The molecule has 0 aromatic heterocycles. The quantitative estimate of drug-likeness (QED) is 0.851. The summed E-state index contributed by atoms with van der Waals surface area (Å²) in [7, 11) is 1.57. The monoisotopic (exact) mass is 300 g/mol. The van der Waals surface area contributed by atoms with E-state index in [0.29, 0.717) is 22.7 Å². The highest BCUT2D eigenvalue weighted by Gasteiger charge is 2.05. The molecule has 0 saturated carbocycles. The molecule has 0 aliphatic carbocycles. The van der Waals surface area contributed by atoms with E-state index in [2.05, 4.69) is 5.32 Å². The highest BCUT2D eigenvalue weighted by atomic mass is 16.5. The maximum Gasteiger partial charge on any atom is 0.262 e. The fourth-order valence-electron chi connectivity index (χ4n) is 1.74. The van der Waals surface area contributed by atoms with Crippen LogP contribution in [0.5, 0.6) is 11.5 Å². The molecule has 0 unspecified atom stereocenters. The van der Waals surface area contributed by atoms with E-state index in [1.165, 1.54) is 0 Å². The van der Waals surface area contributed by atoms with Crippen LogP contribution in [0.2, 0.25) is 0 Å². The fraction of sp³-hybridized carbons (Fsp3) is 0.125. The minimum Gasteiger partial charge on any atom is -0.497 e. The van der Waals surface area contributed by atoms with Gasteiger partial charge in [0.1, 0.15) is 11.5 Å². The number of hydrogen-bond acceptors (Lipinski definition) is 4. The van der Waals surface area contributed by atoms with Crippen molar-refractivity contribution in [2.45, 2.75) is 0 Å². The summed E-state index contributed by atoms with van der Waals surface area (Å²) in [4.78, 5) is 22.7. The Hall–Kier alpha value is -3.02. The molecule has 2 aromatic carbocycles. The van der Waals surface area contributed by atoms with E-state index in [1.807, 2.05) is 0 Å². The first-order valence-electron chi connectivity index (χ1n) is 6.55. The van der Waals surface area contributed by atoms with E-state index < -0.39 is 5.91 Å². The summed E-state index contributed by atoms with van der Waals surface area (Å²) in [6.45, 7) is -0.137. The predicted molar refractivity (Wildman–Crippen MR) is 82.1 cm³/mol. The zero-order valence-corrected chi connectivity index (χ0v) is 12.0. The molecule has 114 valence electrons. The summed E-state index contributed by atoms with van der Waals surface area (Å²) in [5, 5.41) is 2.70. The van der Waals surface area contributed by atoms with Gasteiger partial charge in [-0.15, -0.1) is 0 Å². The van der Waals surface area contributed by atoms with Crippen LogP contribution in [0.4, 0.5) is 5.69 Å². The molecule has 2 aromatic rings. The van der Waals surface area contributed by atoms with Crippen molar-refractivity contribution in [1.82, 2.24) is 0 Å². The summed E-state index contributed by atoms with van der Waals surface area (Å²) in [6.07, 6.45) is 0. The van der Waals surface area contributed by atoms with Crippen molar-refractivity contribution in [3.8, 4) is 11.5 Å². The maximum atomic E-state index is 11.8. The lowest BCUT2D eigenvalue weighted by atomic mass is 10.2. The van der Waals surface area contributed by atoms with Gasteiger partial charge in [-0.2, -0.15) is 0 Å². The minimum atomic E-state index is -0.510. The highest BCUT2D eigenvalue weighted by molar-refractivity contribution is 5.93. The number of carbonyl (C=O) groups is 2. The van der Waals surface area contributed by atoms with Crippen molar-refractivity contribution >= 4 is 17.5 Å². The molecule has 0 saturated heterocycles. The van der Waals surface area contributed by atoms with Crippen LogP contribution in [-0.4, -0.2) is 25.5 Å². The van der Waals surface area contributed by atoms with Crippen molar-refractivity contribution in [1.29, 1.82) is 0 Å². The Labute approximate surface area is 127 Å². The Morgan fingerprint density at radius 2 is 1.59 bits per heavy atom. The second-order valence-corrected chi connectivity index (χ2v) is 4.45. The van der Waals surface area contributed by atoms with Crippen molar-refractivity contribution in [3.63, 3.8) is 0 Å². The van der Waals surface area contributed by atoms with Gasteiger partial charge in [0.05, 0.1) is 7.11 Å². The SMILES string of the molecule is COc1ccc(NC(=O)COc2ccc(C(N)=O)cc2)cc1. The number of rotatable bonds is 6. The van der Waals surface area contributed by atoms with Gasteiger partial charge in [-0.25, -0.2) is 0 Å². The Bertz CT molecular complexity index is 651. The Kier molecular flexibility index (Phi) is 4.98. The largest absolute Gasteiger partial charge is 0.497 e. The number of nitrogens with two attached hydrogens (primary N) is 1. The third-order valence-electron chi connectivity index (χ3n) is 2.88. The van der Waals surface area contributed by atoms with Gasteiger partial charge in [0, 0.05) is 11.3 Å². The van der Waals surface area contributed by atoms with Gasteiger partial charge < -0.3 is 20.5 Å². The van der Waals surface area contributed by atoms with E-state index in [4.69, 9.17) is 15.2 Å². The lowest BCUT2D eigenvalue weighted by Crippen LogP contribution is -2.20. The van der Waals surface area contributed by atoms with E-state index in [-0.39, 0.29) is 12.5 Å². The maximum absolute atomic E-state index is 11.8. The van der Waals surface area contributed by atoms with Crippen LogP contribution in [-0.2, 0) is 4.79 Å². The van der Waals surface area contributed by atoms with Crippen molar-refractivity contribution in [2.75, 3.05) is 19.0 Å². The molecule has 0 bridgehead atoms. The lowest BCUT2D eigenvalue weighted by Gasteiger charge is -2.08. The molecule has 0 heterocycles. The minimum absolute atomic E-state index is 0.137. The van der Waals surface area contributed by atoms with Crippen LogP contribution in [0.3, 0.4) is 0 Å². The molecule has 2 rings (SSSR count). The zero-order valence-electron chi connectivity index (χ0n) is 12.0. The van der Waals surface area contributed by atoms with Crippen LogP contribution in [0.1, 0.15) is 10.4 Å². The summed E-state index contributed by atoms with van der Waals surface area (Å²) in [5.74, 6) is 0.395. The molecule has 0 fully saturated rings. The number of nitrogens with one attached hydrogen (secondary N) is 1. The molecule has 0 radical (unpaired) electrons. The van der Waals surface area contributed by atoms with Crippen LogP contribution in [0, 0.1) is 0 Å². The van der Waals surface area contributed by atoms with Gasteiger partial charge in [0.2, 0.25) is 5.91 Å². The number of carbonyl (C=O) groups excluding carboxylic acids is 2. The van der Waals surface area contributed by atoms with Crippen molar-refractivity contribution < 1.29 is 19.1 Å². The first kappa shape index (κ1) is 15.4. The Morgan fingerprint density at radius 3 is 2.14 bits per heavy atom. The third kappa shape index (κ3) is 4.24. The molecule has 6 nitrogen and oxygen atoms in total. The lowest BCUT2D eigenvalue weighted by molar-refractivity contribution is -0.118. The predicted octanol–water partition coefficient (Wildman–Crippen LogP) is 1.81. The molecular weight excluding hydrogens is 284 g/mol. The molecule has 22 heavy (non-hydrogen) atoms. The first-order chi connectivity index (χ1) is 10.6. The highest BCUT2D eigenvalue weighted by Crippen LogP contribution is 2.15. The summed E-state index contributed by atoms with van der Waals surface area (Å²) in [5.41, 5.74) is 6.18. The summed E-state index contributed by atoms with van der Waals surface area (Å²) < 4.78 is 10.4. The first-order valence-corrected chi connectivity index (χ1v) is 6.55. The number of benzene rings is 2. The fourth-order valence-corrected chi connectivity index (χ4v) is 1.74. The van der Waals surface area contributed by atoms with E-state index in [1.54, 1.807) is 55.6 Å². The average molecular weight is 300 g/mol. The second-order valence-electron chi connectivity index (χ2n) is 4.45. The van der Waals surface area contributed by atoms with Crippen molar-refractivity contribution in [3.05, 3.63) is 54.1 Å². The number of ether oxygens (including phenoxy) is 2. The molecule has 0 aliphatic rings. The number of hydrogen-bond donors (Lipinski definition) is 2. The van der Waals surface area contributed by atoms with E-state index in [9.17, 15) is 9.59 Å². The molecule has 2 amide bonds. The van der Waals surface area contributed by atoms with E-state index in [0.717, 1.165) is 0 Å². The molecule has 3 N–H and O–H groups in total. The number of anilines is 1. The number of amides is 2. The van der Waals surface area contributed by atoms with Crippen LogP contribution >= 0.6 is 0 Å². The molecular formula is C16H16N2O4. The topological polar surface area (TPSA) is 90.7 Å². The van der Waals surface area contributed by atoms with Crippen LogP contribution in [0.15, 0.2) is 48.5 Å². The Morgan fingerprint density at radius 1 is 1.00 bits per heavy atom. The summed E-state index contributed by atoms with van der Waals surface area (Å²) in [6, 6.07) is 13.2. The molecule has 6 heteroatoms. The van der Waals surface area contributed by atoms with Crippen molar-refractivity contribution in [2.24, 2.45) is 5.73 Å². The average Bonchev–Trinajstić information content (AvgIpc) is 2.54. The number of methoxy groups -OCH3 is 1. The summed E-state index contributed by atoms with van der Waals surface area (Å²) >= 11 is 0. The molecule has 0 aliphatic heterocycles. The van der Waals surface area contributed by atoms with Gasteiger partial charge in [0.15, 0.2) is 6.61 Å². The number of primary amides is 1. The Balaban J connectivity index is 1.85. The van der Waals surface area contributed by atoms with Gasteiger partial charge in [-0.1, -0.05) is 0 Å². The van der Waals surface area contributed by atoms with Crippen LogP contribution in [0.25, 0.3) is 0 Å². The smallest absolute Gasteiger partial charge is 0.262 e. The standard InChI is InChI=1S/C16H16N2O4/c1-21-13-8-4-12(5-9-13)18-15(19)10-22-14-6-2-11(3-7-14)16(17)20/h2-9H,10H2,1H3,(H2,17,20)(H,18,19). The van der Waals surface area contributed by atoms with Gasteiger partial charge in [-0.3, -0.25) is 9.59 Å². The van der Waals surface area contributed by atoms with E-state index >= 15 is 0 Å². The van der Waals surface area contributed by atoms with Gasteiger partial charge in [-0.05, 0) is 48.5 Å².